The van der Waals surface area contributed by atoms with Gasteiger partial charge in [-0.05, 0) is 30.5 Å². The largest absolute Gasteiger partial charge is 0.481 e. The first-order chi connectivity index (χ1) is 12.0. The van der Waals surface area contributed by atoms with E-state index in [9.17, 15) is 19.2 Å². The maximum Gasteiger partial charge on any atom is 0.306 e. The molecule has 7 heteroatoms. The summed E-state index contributed by atoms with van der Waals surface area (Å²) < 4.78 is 0. The Hall–Kier alpha value is -2.70. The van der Waals surface area contributed by atoms with Crippen LogP contribution in [-0.4, -0.2) is 51.7 Å². The lowest BCUT2D eigenvalue weighted by atomic mass is 9.96. The van der Waals surface area contributed by atoms with Crippen LogP contribution < -0.4 is 0 Å². The van der Waals surface area contributed by atoms with Crippen molar-refractivity contribution in [2.24, 2.45) is 5.92 Å². The standard InChI is InChI=1S/C18H20N2O5/c21-15-5-6-16(22)20(15)11-12-1-3-13(4-2-12)17(23)19-9-7-14(8-10-19)18(24)25/h1-4,14H,5-11H2,(H,24,25). The maximum atomic E-state index is 12.5. The fourth-order valence-corrected chi connectivity index (χ4v) is 3.25. The number of hydrogen-bond donors (Lipinski definition) is 1. The topological polar surface area (TPSA) is 95.0 Å². The van der Waals surface area contributed by atoms with Gasteiger partial charge in [0, 0.05) is 31.5 Å². The Morgan fingerprint density at radius 2 is 1.56 bits per heavy atom. The van der Waals surface area contributed by atoms with E-state index in [4.69, 9.17) is 5.11 Å². The predicted octanol–water partition coefficient (Wildman–Crippen LogP) is 1.27. The Morgan fingerprint density at radius 1 is 1.00 bits per heavy atom. The van der Waals surface area contributed by atoms with Crippen molar-refractivity contribution in [2.45, 2.75) is 32.2 Å². The molecule has 3 rings (SSSR count). The van der Waals surface area contributed by atoms with Crippen LogP contribution in [0.3, 0.4) is 0 Å². The lowest BCUT2D eigenvalue weighted by Crippen LogP contribution is -2.40. The van der Waals surface area contributed by atoms with E-state index in [1.807, 2.05) is 0 Å². The molecule has 2 aliphatic rings. The van der Waals surface area contributed by atoms with E-state index >= 15 is 0 Å². The van der Waals surface area contributed by atoms with Crippen LogP contribution in [0.25, 0.3) is 0 Å². The Labute approximate surface area is 145 Å². The van der Waals surface area contributed by atoms with Crippen molar-refractivity contribution >= 4 is 23.7 Å². The molecular formula is C18H20N2O5. The molecule has 1 aromatic carbocycles. The zero-order chi connectivity index (χ0) is 18.0. The number of likely N-dealkylation sites (tertiary alicyclic amines) is 2. The molecule has 3 amide bonds. The van der Waals surface area contributed by atoms with Crippen LogP contribution in [0.15, 0.2) is 24.3 Å². The highest BCUT2D eigenvalue weighted by atomic mass is 16.4. The second-order valence-corrected chi connectivity index (χ2v) is 6.48. The summed E-state index contributed by atoms with van der Waals surface area (Å²) in [5.41, 5.74) is 1.32. The van der Waals surface area contributed by atoms with Gasteiger partial charge in [-0.15, -0.1) is 0 Å². The summed E-state index contributed by atoms with van der Waals surface area (Å²) in [7, 11) is 0. The van der Waals surface area contributed by atoms with Crippen molar-refractivity contribution in [2.75, 3.05) is 13.1 Å². The monoisotopic (exact) mass is 344 g/mol. The van der Waals surface area contributed by atoms with Crippen molar-refractivity contribution in [3.8, 4) is 0 Å². The van der Waals surface area contributed by atoms with Crippen LogP contribution in [0.1, 0.15) is 41.6 Å². The number of piperidine rings is 1. The molecule has 1 aromatic rings. The third kappa shape index (κ3) is 3.70. The molecule has 7 nitrogen and oxygen atoms in total. The Morgan fingerprint density at radius 3 is 2.08 bits per heavy atom. The number of carbonyl (C=O) groups excluding carboxylic acids is 3. The Kier molecular flexibility index (Phi) is 4.83. The quantitative estimate of drug-likeness (QED) is 0.830. The molecule has 0 bridgehead atoms. The van der Waals surface area contributed by atoms with E-state index in [1.54, 1.807) is 29.2 Å². The zero-order valence-corrected chi connectivity index (χ0v) is 13.8. The molecule has 132 valence electrons. The molecule has 0 spiro atoms. The number of nitrogens with zero attached hydrogens (tertiary/aromatic N) is 2. The van der Waals surface area contributed by atoms with Gasteiger partial charge in [0.1, 0.15) is 0 Å². The lowest BCUT2D eigenvalue weighted by molar-refractivity contribution is -0.143. The molecule has 0 radical (unpaired) electrons. The summed E-state index contributed by atoms with van der Waals surface area (Å²) >= 11 is 0. The predicted molar refractivity (Wildman–Crippen MR) is 87.5 cm³/mol. The van der Waals surface area contributed by atoms with Gasteiger partial charge in [-0.1, -0.05) is 12.1 Å². The fraction of sp³-hybridized carbons (Fsp3) is 0.444. The van der Waals surface area contributed by atoms with Crippen LogP contribution in [-0.2, 0) is 20.9 Å². The number of carboxylic acid groups (broad SMARTS) is 1. The van der Waals surface area contributed by atoms with Gasteiger partial charge in [-0.25, -0.2) is 0 Å². The SMILES string of the molecule is O=C(O)C1CCN(C(=O)c2ccc(CN3C(=O)CCC3=O)cc2)CC1. The average molecular weight is 344 g/mol. The van der Waals surface area contributed by atoms with E-state index in [1.165, 1.54) is 4.90 Å². The van der Waals surface area contributed by atoms with Crippen LogP contribution in [0.5, 0.6) is 0 Å². The molecule has 0 saturated carbocycles. The molecule has 2 fully saturated rings. The lowest BCUT2D eigenvalue weighted by Gasteiger charge is -2.30. The van der Waals surface area contributed by atoms with Crippen molar-refractivity contribution in [1.82, 2.24) is 9.80 Å². The highest BCUT2D eigenvalue weighted by molar-refractivity contribution is 6.01. The fourth-order valence-electron chi connectivity index (χ4n) is 3.25. The molecule has 2 aliphatic heterocycles. The third-order valence-corrected chi connectivity index (χ3v) is 4.83. The minimum Gasteiger partial charge on any atom is -0.481 e. The van der Waals surface area contributed by atoms with Crippen molar-refractivity contribution in [1.29, 1.82) is 0 Å². The van der Waals surface area contributed by atoms with Gasteiger partial charge in [0.05, 0.1) is 12.5 Å². The van der Waals surface area contributed by atoms with Crippen LogP contribution >= 0.6 is 0 Å². The van der Waals surface area contributed by atoms with Gasteiger partial charge in [-0.2, -0.15) is 0 Å². The van der Waals surface area contributed by atoms with E-state index < -0.39 is 5.97 Å². The first-order valence-electron chi connectivity index (χ1n) is 8.40. The summed E-state index contributed by atoms with van der Waals surface area (Å²) in [5.74, 6) is -1.62. The second-order valence-electron chi connectivity index (χ2n) is 6.48. The third-order valence-electron chi connectivity index (χ3n) is 4.83. The van der Waals surface area contributed by atoms with Crippen LogP contribution in [0.2, 0.25) is 0 Å². The normalized spacial score (nSPS) is 18.7. The first kappa shape index (κ1) is 17.1. The first-order valence-corrected chi connectivity index (χ1v) is 8.40. The summed E-state index contributed by atoms with van der Waals surface area (Å²) in [6.07, 6.45) is 1.47. The molecule has 2 saturated heterocycles. The van der Waals surface area contributed by atoms with Gasteiger partial charge < -0.3 is 10.0 Å². The minimum atomic E-state index is -0.803. The summed E-state index contributed by atoms with van der Waals surface area (Å²) in [4.78, 5) is 49.7. The number of imide groups is 1. The van der Waals surface area contributed by atoms with Gasteiger partial charge in [0.25, 0.3) is 5.91 Å². The molecule has 0 atom stereocenters. The summed E-state index contributed by atoms with van der Waals surface area (Å²) in [6.45, 7) is 1.11. The molecule has 25 heavy (non-hydrogen) atoms. The van der Waals surface area contributed by atoms with Crippen molar-refractivity contribution in [3.05, 3.63) is 35.4 Å². The van der Waals surface area contributed by atoms with Gasteiger partial charge >= 0.3 is 5.97 Å². The van der Waals surface area contributed by atoms with E-state index in [2.05, 4.69) is 0 Å². The Bertz CT molecular complexity index is 689. The summed E-state index contributed by atoms with van der Waals surface area (Å²) in [5, 5.41) is 9.01. The number of benzene rings is 1. The van der Waals surface area contributed by atoms with E-state index in [-0.39, 0.29) is 43.0 Å². The van der Waals surface area contributed by atoms with E-state index in [0.717, 1.165) is 5.56 Å². The highest BCUT2D eigenvalue weighted by Crippen LogP contribution is 2.20. The van der Waals surface area contributed by atoms with Crippen LogP contribution in [0.4, 0.5) is 0 Å². The summed E-state index contributed by atoms with van der Waals surface area (Å²) in [6, 6.07) is 6.87. The highest BCUT2D eigenvalue weighted by Gasteiger charge is 2.29. The number of rotatable bonds is 4. The van der Waals surface area contributed by atoms with Crippen LogP contribution in [0, 0.1) is 5.92 Å². The zero-order valence-electron chi connectivity index (χ0n) is 13.8. The number of amides is 3. The number of aliphatic carboxylic acids is 1. The van der Waals surface area contributed by atoms with Gasteiger partial charge in [-0.3, -0.25) is 24.1 Å². The second kappa shape index (κ2) is 7.04. The molecular weight excluding hydrogens is 324 g/mol. The maximum absolute atomic E-state index is 12.5. The number of carboxylic acids is 1. The smallest absolute Gasteiger partial charge is 0.306 e. The van der Waals surface area contributed by atoms with Crippen molar-refractivity contribution in [3.63, 3.8) is 0 Å². The Balaban J connectivity index is 1.60. The molecule has 0 unspecified atom stereocenters. The molecule has 0 aliphatic carbocycles. The van der Waals surface area contributed by atoms with E-state index in [0.29, 0.717) is 31.5 Å². The van der Waals surface area contributed by atoms with Gasteiger partial charge in [0.15, 0.2) is 0 Å². The number of carbonyl (C=O) groups is 4. The number of hydrogen-bond acceptors (Lipinski definition) is 4. The minimum absolute atomic E-state index is 0.122. The molecule has 1 N–H and O–H groups in total. The van der Waals surface area contributed by atoms with Crippen molar-refractivity contribution < 1.29 is 24.3 Å². The molecule has 2 heterocycles. The molecule has 0 aromatic heterocycles. The van der Waals surface area contributed by atoms with Gasteiger partial charge in [0.2, 0.25) is 11.8 Å². The average Bonchev–Trinajstić information content (AvgIpc) is 2.94.